The number of pyridine rings is 2. The third-order valence-electron chi connectivity index (χ3n) is 16.8. The average molecular weight is 981 g/mol. The predicted molar refractivity (Wildman–Crippen MR) is 252 cm³/mol. The number of Topliss-reactive ketones (excluding diaryl/α,β-unsaturated/α-hetero) is 1. The second-order valence-corrected chi connectivity index (χ2v) is 20.5. The molecule has 4 saturated carbocycles. The third-order valence-corrected chi connectivity index (χ3v) is 16.8. The number of rotatable bonds is 10. The minimum absolute atomic E-state index is 0.0181. The van der Waals surface area contributed by atoms with E-state index >= 15 is 0 Å². The lowest BCUT2D eigenvalue weighted by Crippen LogP contribution is -2.54. The fraction of sp³-hybridized carbons (Fsp3) is 0.415. The molecule has 4 unspecified atom stereocenters. The van der Waals surface area contributed by atoms with Gasteiger partial charge in [0.2, 0.25) is 6.10 Å². The molecule has 19 nitrogen and oxygen atoms in total. The van der Waals surface area contributed by atoms with Crippen LogP contribution in [0.5, 0.6) is 11.5 Å². The molecule has 11 rings (SSSR count). The van der Waals surface area contributed by atoms with Crippen molar-refractivity contribution in [2.24, 2.45) is 34.5 Å². The Labute approximate surface area is 410 Å². The fourth-order valence-electron chi connectivity index (χ4n) is 13.1. The number of nitro groups is 2. The van der Waals surface area contributed by atoms with Crippen LogP contribution in [0.3, 0.4) is 0 Å². The zero-order valence-corrected chi connectivity index (χ0v) is 39.3. The lowest BCUT2D eigenvalue weighted by molar-refractivity contribution is -0.394. The van der Waals surface area contributed by atoms with Gasteiger partial charge in [0.15, 0.2) is 6.61 Å². The topological polar surface area (TPSA) is 253 Å². The number of carbonyl (C=O) groups excluding carboxylic acids is 5. The monoisotopic (exact) mass is 980 g/mol. The van der Waals surface area contributed by atoms with Crippen molar-refractivity contribution in [2.75, 3.05) is 6.61 Å². The highest BCUT2D eigenvalue weighted by atomic mass is 16.6. The van der Waals surface area contributed by atoms with Crippen molar-refractivity contribution in [1.29, 1.82) is 0 Å². The van der Waals surface area contributed by atoms with Crippen molar-refractivity contribution >= 4 is 51.9 Å². The number of ether oxygens (including phenoxy) is 5. The lowest BCUT2D eigenvalue weighted by atomic mass is 9.45. The normalized spacial score (nSPS) is 26.6. The number of carbonyl (C=O) groups is 5. The van der Waals surface area contributed by atoms with Crippen LogP contribution in [0.15, 0.2) is 77.6 Å². The highest BCUT2D eigenvalue weighted by Gasteiger charge is 2.60. The second-order valence-electron chi connectivity index (χ2n) is 20.5. The van der Waals surface area contributed by atoms with Gasteiger partial charge in [0, 0.05) is 40.5 Å². The quantitative estimate of drug-likeness (QED) is 0.0411. The van der Waals surface area contributed by atoms with Crippen LogP contribution in [0.25, 0.3) is 22.3 Å². The maximum Gasteiger partial charge on any atom is 0.352 e. The summed E-state index contributed by atoms with van der Waals surface area (Å²) in [5, 5.41) is 23.2. The second kappa shape index (κ2) is 17.5. The van der Waals surface area contributed by atoms with Crippen LogP contribution in [-0.2, 0) is 41.7 Å². The number of cyclic esters (lactones) is 1. The Morgan fingerprint density at radius 3 is 2.31 bits per heavy atom. The van der Waals surface area contributed by atoms with Gasteiger partial charge in [-0.3, -0.25) is 29.8 Å². The van der Waals surface area contributed by atoms with E-state index in [-0.39, 0.29) is 52.7 Å². The van der Waals surface area contributed by atoms with Gasteiger partial charge in [-0.05, 0) is 135 Å². The van der Waals surface area contributed by atoms with E-state index in [2.05, 4.69) is 13.8 Å². The van der Waals surface area contributed by atoms with Crippen molar-refractivity contribution in [3.05, 3.63) is 131 Å². The van der Waals surface area contributed by atoms with Gasteiger partial charge in [-0.25, -0.2) is 24.2 Å². The molecule has 19 heteroatoms. The van der Waals surface area contributed by atoms with Gasteiger partial charge in [-0.2, -0.15) is 0 Å². The van der Waals surface area contributed by atoms with Crippen LogP contribution in [0.4, 0.5) is 11.4 Å². The van der Waals surface area contributed by atoms with Crippen LogP contribution in [0.1, 0.15) is 115 Å². The summed E-state index contributed by atoms with van der Waals surface area (Å²) >= 11 is 0. The van der Waals surface area contributed by atoms with Crippen molar-refractivity contribution in [1.82, 2.24) is 9.55 Å². The molecule has 0 bridgehead atoms. The molecule has 0 N–H and O–H groups in total. The molecular formula is C53H48N4O15. The molecule has 0 saturated heterocycles. The molecule has 2 aromatic heterocycles. The van der Waals surface area contributed by atoms with Gasteiger partial charge in [0.05, 0.1) is 56.1 Å². The average Bonchev–Trinajstić information content (AvgIpc) is 3.88. The zero-order valence-electron chi connectivity index (χ0n) is 39.3. The molecule has 2 aliphatic heterocycles. The molecular weight excluding hydrogens is 933 g/mol. The molecule has 4 aliphatic carbocycles. The Morgan fingerprint density at radius 2 is 1.56 bits per heavy atom. The molecule has 6 aliphatic rings. The molecule has 4 heterocycles. The number of ketones is 1. The standard InChI is InChI=1S/C53H48N4O15/c1-52-15-13-36(21-31(52)5-9-37-40-10-12-44(58)53(40,2)16-14-41(37)52)71-49(61)27-3-6-34(7-4-27)68-26-45(59)72-47-38-23-43-46-30(24-55(43)48(60)39(38)25-69-51(47)63)17-28-20-35(8-11-42(28)54-46)70-50(62)29-18-32(56(64)65)22-33(19-29)57(66)67/h3-4,6-8,11,17-20,22-23,31,36-37,40-41,47H,5,9-10,12-16,21,24-26H2,1-2H3/t31?,36-,37?,40?,41?,47-,52-,53-/m0/s1. The number of non-ortho nitro benzene ring substituents is 2. The van der Waals surface area contributed by atoms with E-state index in [4.69, 9.17) is 28.7 Å². The molecule has 3 aromatic carbocycles. The minimum Gasteiger partial charge on any atom is -0.482 e. The first-order valence-corrected chi connectivity index (χ1v) is 24.2. The first-order valence-electron chi connectivity index (χ1n) is 24.2. The summed E-state index contributed by atoms with van der Waals surface area (Å²) in [4.78, 5) is 105. The van der Waals surface area contributed by atoms with E-state index in [1.165, 1.54) is 22.8 Å². The number of hydrogen-bond donors (Lipinski definition) is 0. The predicted octanol–water partition coefficient (Wildman–Crippen LogP) is 8.32. The van der Waals surface area contributed by atoms with Crippen molar-refractivity contribution in [2.45, 2.75) is 97.0 Å². The van der Waals surface area contributed by atoms with E-state index in [1.807, 2.05) is 0 Å². The Kier molecular flexibility index (Phi) is 11.3. The van der Waals surface area contributed by atoms with Gasteiger partial charge in [-0.15, -0.1) is 0 Å². The summed E-state index contributed by atoms with van der Waals surface area (Å²) in [6.07, 6.45) is 6.88. The third kappa shape index (κ3) is 7.94. The summed E-state index contributed by atoms with van der Waals surface area (Å²) in [6.45, 7) is 3.76. The first kappa shape index (κ1) is 46.5. The summed E-state index contributed by atoms with van der Waals surface area (Å²) < 4.78 is 29.5. The molecule has 72 heavy (non-hydrogen) atoms. The van der Waals surface area contributed by atoms with E-state index in [0.717, 1.165) is 76.0 Å². The van der Waals surface area contributed by atoms with E-state index in [1.54, 1.807) is 36.4 Å². The summed E-state index contributed by atoms with van der Waals surface area (Å²) in [6, 6.07) is 16.4. The number of nitrogens with zero attached hydrogens (tertiary/aromatic N) is 4. The molecule has 8 atom stereocenters. The molecule has 5 aromatic rings. The highest BCUT2D eigenvalue weighted by Crippen LogP contribution is 2.65. The van der Waals surface area contributed by atoms with Crippen LogP contribution in [0, 0.1) is 54.7 Å². The van der Waals surface area contributed by atoms with E-state index in [0.29, 0.717) is 62.9 Å². The Morgan fingerprint density at radius 1 is 0.806 bits per heavy atom. The fourth-order valence-corrected chi connectivity index (χ4v) is 13.1. The van der Waals surface area contributed by atoms with Gasteiger partial charge in [0.1, 0.15) is 30.0 Å². The van der Waals surface area contributed by atoms with Crippen molar-refractivity contribution < 1.29 is 57.5 Å². The SMILES string of the molecule is C[C@]12CC[C@H](OC(=O)c3ccc(OCC(=O)O[C@@H]4C(=O)OCc5c4cc4n(c5=O)Cc5cc6cc(OC(=O)c7cc([N+](=O)[O-])cc([N+](=O)[O-])c7)ccc6nc5-4)cc3)CC1CCC1C2CC[C@]2(C)C(=O)CCC12. The Balaban J connectivity index is 0.716. The summed E-state index contributed by atoms with van der Waals surface area (Å²) in [5.41, 5.74) is 0.205. The molecule has 0 radical (unpaired) electrons. The zero-order chi connectivity index (χ0) is 50.4. The number of nitro benzene ring substituents is 2. The number of hydrogen-bond acceptors (Lipinski definition) is 16. The smallest absolute Gasteiger partial charge is 0.352 e. The van der Waals surface area contributed by atoms with Gasteiger partial charge >= 0.3 is 23.9 Å². The lowest BCUT2D eigenvalue weighted by Gasteiger charge is -2.60. The maximum absolute atomic E-state index is 13.9. The Hall–Kier alpha value is -7.83. The number of esters is 4. The van der Waals surface area contributed by atoms with Crippen molar-refractivity contribution in [3.8, 4) is 22.9 Å². The van der Waals surface area contributed by atoms with Crippen molar-refractivity contribution in [3.63, 3.8) is 0 Å². The molecule has 370 valence electrons. The molecule has 0 spiro atoms. The molecule has 4 fully saturated rings. The number of fused-ring (bicyclic) bond motifs is 10. The summed E-state index contributed by atoms with van der Waals surface area (Å²) in [7, 11) is 0. The van der Waals surface area contributed by atoms with Crippen LogP contribution in [0.2, 0.25) is 0 Å². The number of benzene rings is 3. The minimum atomic E-state index is -1.58. The van der Waals surface area contributed by atoms with E-state index < -0.39 is 68.9 Å². The van der Waals surface area contributed by atoms with Gasteiger partial charge < -0.3 is 28.3 Å². The largest absolute Gasteiger partial charge is 0.482 e. The maximum atomic E-state index is 13.9. The summed E-state index contributed by atoms with van der Waals surface area (Å²) in [5.74, 6) is -0.427. The number of aromatic nitrogens is 2. The first-order chi connectivity index (χ1) is 34.5. The van der Waals surface area contributed by atoms with Crippen LogP contribution in [-0.4, -0.2) is 61.8 Å². The van der Waals surface area contributed by atoms with Gasteiger partial charge in [0.25, 0.3) is 16.9 Å². The Bertz CT molecular complexity index is 3230. The van der Waals surface area contributed by atoms with E-state index in [9.17, 15) is 49.0 Å². The highest BCUT2D eigenvalue weighted by molar-refractivity contribution is 5.94. The van der Waals surface area contributed by atoms with Crippen LogP contribution < -0.4 is 15.0 Å². The van der Waals surface area contributed by atoms with Crippen LogP contribution >= 0.6 is 0 Å². The van der Waals surface area contributed by atoms with Gasteiger partial charge in [-0.1, -0.05) is 13.8 Å². The molecule has 0 amide bonds.